The molecule has 0 aliphatic heterocycles. The number of aryl methyl sites for hydroxylation is 1. The van der Waals surface area contributed by atoms with Crippen molar-refractivity contribution >= 4 is 17.3 Å². The number of methoxy groups -OCH3 is 2. The van der Waals surface area contributed by atoms with Crippen LogP contribution in [0.25, 0.3) is 11.3 Å². The fourth-order valence-electron chi connectivity index (χ4n) is 2.32. The molecule has 0 spiro atoms. The minimum atomic E-state index is -0.809. The molecule has 22 heavy (non-hydrogen) atoms. The first kappa shape index (κ1) is 16.3. The molecule has 1 aromatic heterocycles. The van der Waals surface area contributed by atoms with E-state index in [1.807, 2.05) is 32.0 Å². The summed E-state index contributed by atoms with van der Waals surface area (Å²) in [6.45, 7) is 3.83. The van der Waals surface area contributed by atoms with Crippen molar-refractivity contribution in [2.75, 3.05) is 14.2 Å². The Morgan fingerprint density at radius 3 is 2.59 bits per heavy atom. The maximum atomic E-state index is 11.0. The van der Waals surface area contributed by atoms with E-state index in [4.69, 9.17) is 14.6 Å². The van der Waals surface area contributed by atoms with E-state index in [2.05, 4.69) is 4.98 Å². The van der Waals surface area contributed by atoms with E-state index in [-0.39, 0.29) is 12.3 Å². The predicted molar refractivity (Wildman–Crippen MR) is 86.1 cm³/mol. The number of nitrogens with zero attached hydrogens (tertiary/aromatic N) is 1. The molecular weight excluding hydrogens is 302 g/mol. The second kappa shape index (κ2) is 6.79. The van der Waals surface area contributed by atoms with Gasteiger partial charge in [0.2, 0.25) is 0 Å². The highest BCUT2D eigenvalue weighted by Crippen LogP contribution is 2.38. The third kappa shape index (κ3) is 3.39. The average Bonchev–Trinajstić information content (AvgIpc) is 2.88. The third-order valence-corrected chi connectivity index (χ3v) is 4.55. The number of hydrogen-bond acceptors (Lipinski definition) is 5. The number of carbonyl (C=O) groups is 1. The summed E-state index contributed by atoms with van der Waals surface area (Å²) < 4.78 is 10.6. The first-order valence-corrected chi connectivity index (χ1v) is 7.69. The van der Waals surface area contributed by atoms with Gasteiger partial charge in [-0.1, -0.05) is 6.92 Å². The van der Waals surface area contributed by atoms with Crippen molar-refractivity contribution in [2.45, 2.75) is 26.2 Å². The normalized spacial score (nSPS) is 12.0. The van der Waals surface area contributed by atoms with Crippen LogP contribution in [-0.2, 0) is 4.79 Å². The van der Waals surface area contributed by atoms with Crippen molar-refractivity contribution in [3.8, 4) is 22.8 Å². The summed E-state index contributed by atoms with van der Waals surface area (Å²) in [4.78, 5) is 16.5. The van der Waals surface area contributed by atoms with Crippen LogP contribution in [0, 0.1) is 6.92 Å². The lowest BCUT2D eigenvalue weighted by molar-refractivity contribution is -0.137. The minimum absolute atomic E-state index is 0.0852. The predicted octanol–water partition coefficient (Wildman–Crippen LogP) is 3.71. The Bertz CT molecular complexity index is 681. The molecule has 0 amide bonds. The van der Waals surface area contributed by atoms with Gasteiger partial charge in [-0.15, -0.1) is 11.3 Å². The highest BCUT2D eigenvalue weighted by atomic mass is 32.1. The fourth-order valence-corrected chi connectivity index (χ4v) is 3.32. The lowest BCUT2D eigenvalue weighted by Crippen LogP contribution is -2.02. The molecule has 2 rings (SSSR count). The number of benzene rings is 1. The van der Waals surface area contributed by atoms with Gasteiger partial charge in [0, 0.05) is 16.4 Å². The Balaban J connectivity index is 2.46. The van der Waals surface area contributed by atoms with Crippen LogP contribution in [0.5, 0.6) is 11.5 Å². The van der Waals surface area contributed by atoms with Crippen molar-refractivity contribution in [3.63, 3.8) is 0 Å². The Morgan fingerprint density at radius 2 is 2.00 bits per heavy atom. The molecule has 0 saturated heterocycles. The summed E-state index contributed by atoms with van der Waals surface area (Å²) in [6, 6.07) is 5.60. The second-order valence-electron chi connectivity index (χ2n) is 5.01. The largest absolute Gasteiger partial charge is 0.493 e. The standard InChI is InChI=1S/C16H19NO4S/c1-9(7-14(18)19)16-15(17-10(2)22-16)11-5-6-12(20-3)13(8-11)21-4/h5-6,8-9H,7H2,1-4H3,(H,18,19). The summed E-state index contributed by atoms with van der Waals surface area (Å²) in [6.07, 6.45) is 0.0852. The van der Waals surface area contributed by atoms with Crippen LogP contribution < -0.4 is 9.47 Å². The Hall–Kier alpha value is -2.08. The maximum absolute atomic E-state index is 11.0. The number of carboxylic acids is 1. The van der Waals surface area contributed by atoms with Crippen LogP contribution >= 0.6 is 11.3 Å². The van der Waals surface area contributed by atoms with Gasteiger partial charge in [0.05, 0.1) is 31.3 Å². The van der Waals surface area contributed by atoms with Gasteiger partial charge in [0.1, 0.15) is 0 Å². The number of hydrogen-bond donors (Lipinski definition) is 1. The maximum Gasteiger partial charge on any atom is 0.303 e. The monoisotopic (exact) mass is 321 g/mol. The van der Waals surface area contributed by atoms with E-state index in [1.165, 1.54) is 11.3 Å². The number of aromatic nitrogens is 1. The summed E-state index contributed by atoms with van der Waals surface area (Å²) in [7, 11) is 3.17. The first-order valence-electron chi connectivity index (χ1n) is 6.87. The van der Waals surface area contributed by atoms with Gasteiger partial charge in [-0.2, -0.15) is 0 Å². The quantitative estimate of drug-likeness (QED) is 0.878. The number of rotatable bonds is 6. The van der Waals surface area contributed by atoms with E-state index in [0.29, 0.717) is 11.5 Å². The SMILES string of the molecule is COc1ccc(-c2nc(C)sc2C(C)CC(=O)O)cc1OC. The lowest BCUT2D eigenvalue weighted by atomic mass is 10.0. The Labute approximate surface area is 133 Å². The number of carboxylic acid groups (broad SMARTS) is 1. The second-order valence-corrected chi connectivity index (χ2v) is 6.25. The van der Waals surface area contributed by atoms with Crippen molar-refractivity contribution in [1.29, 1.82) is 0 Å². The third-order valence-electron chi connectivity index (χ3n) is 3.35. The van der Waals surface area contributed by atoms with E-state index in [1.54, 1.807) is 14.2 Å². The molecule has 5 nitrogen and oxygen atoms in total. The van der Waals surface area contributed by atoms with Crippen molar-refractivity contribution < 1.29 is 19.4 Å². The number of ether oxygens (including phenoxy) is 2. The van der Waals surface area contributed by atoms with Crippen LogP contribution in [0.15, 0.2) is 18.2 Å². The van der Waals surface area contributed by atoms with Crippen LogP contribution in [0.3, 0.4) is 0 Å². The molecular formula is C16H19NO4S. The molecule has 1 unspecified atom stereocenters. The number of thiazole rings is 1. The molecule has 0 fully saturated rings. The zero-order valence-electron chi connectivity index (χ0n) is 13.0. The van der Waals surface area contributed by atoms with Crippen LogP contribution in [0.2, 0.25) is 0 Å². The van der Waals surface area contributed by atoms with Gasteiger partial charge < -0.3 is 14.6 Å². The molecule has 118 valence electrons. The smallest absolute Gasteiger partial charge is 0.303 e. The highest BCUT2D eigenvalue weighted by Gasteiger charge is 2.20. The van der Waals surface area contributed by atoms with Gasteiger partial charge in [-0.25, -0.2) is 4.98 Å². The van der Waals surface area contributed by atoms with Crippen molar-refractivity contribution in [3.05, 3.63) is 28.1 Å². The van der Waals surface area contributed by atoms with Crippen molar-refractivity contribution in [1.82, 2.24) is 4.98 Å². The van der Waals surface area contributed by atoms with E-state index in [0.717, 1.165) is 21.1 Å². The Morgan fingerprint density at radius 1 is 1.32 bits per heavy atom. The summed E-state index contributed by atoms with van der Waals surface area (Å²) >= 11 is 1.54. The molecule has 0 bridgehead atoms. The van der Waals surface area contributed by atoms with Crippen molar-refractivity contribution in [2.24, 2.45) is 0 Å². The van der Waals surface area contributed by atoms with E-state index in [9.17, 15) is 4.79 Å². The van der Waals surface area contributed by atoms with E-state index >= 15 is 0 Å². The molecule has 1 N–H and O–H groups in total. The molecule has 0 saturated carbocycles. The van der Waals surface area contributed by atoms with Gasteiger partial charge in [0.15, 0.2) is 11.5 Å². The zero-order chi connectivity index (χ0) is 16.3. The molecule has 1 atom stereocenters. The minimum Gasteiger partial charge on any atom is -0.493 e. The van der Waals surface area contributed by atoms with E-state index < -0.39 is 5.97 Å². The molecule has 6 heteroatoms. The zero-order valence-corrected chi connectivity index (χ0v) is 13.9. The fraction of sp³-hybridized carbons (Fsp3) is 0.375. The molecule has 0 radical (unpaired) electrons. The van der Waals surface area contributed by atoms with Crippen LogP contribution in [0.4, 0.5) is 0 Å². The molecule has 2 aromatic rings. The Kier molecular flexibility index (Phi) is 5.03. The molecule has 0 aliphatic carbocycles. The van der Waals surface area contributed by atoms with Crippen LogP contribution in [0.1, 0.15) is 29.1 Å². The summed E-state index contributed by atoms with van der Waals surface area (Å²) in [5.74, 6) is 0.379. The highest BCUT2D eigenvalue weighted by molar-refractivity contribution is 7.12. The number of aliphatic carboxylic acids is 1. The molecule has 0 aliphatic rings. The van der Waals surface area contributed by atoms with Gasteiger partial charge in [0.25, 0.3) is 0 Å². The van der Waals surface area contributed by atoms with Gasteiger partial charge in [-0.3, -0.25) is 4.79 Å². The average molecular weight is 321 g/mol. The van der Waals surface area contributed by atoms with Gasteiger partial charge >= 0.3 is 5.97 Å². The summed E-state index contributed by atoms with van der Waals surface area (Å²) in [5.41, 5.74) is 1.71. The molecule has 1 heterocycles. The van der Waals surface area contributed by atoms with Gasteiger partial charge in [-0.05, 0) is 25.1 Å². The lowest BCUT2D eigenvalue weighted by Gasteiger charge is -2.11. The topological polar surface area (TPSA) is 68.7 Å². The summed E-state index contributed by atoms with van der Waals surface area (Å²) in [5, 5.41) is 9.93. The first-order chi connectivity index (χ1) is 10.5. The molecule has 1 aromatic carbocycles. The van der Waals surface area contributed by atoms with Crippen LogP contribution in [-0.4, -0.2) is 30.3 Å².